The summed E-state index contributed by atoms with van der Waals surface area (Å²) in [5, 5.41) is 0. The number of fused-ring (bicyclic) bond motifs is 2. The first kappa shape index (κ1) is 27.0. The molecule has 0 aliphatic carbocycles. The van der Waals surface area contributed by atoms with E-state index in [2.05, 4.69) is 11.6 Å². The predicted octanol–water partition coefficient (Wildman–Crippen LogP) is 2.68. The molecule has 1 amide bonds. The smallest absolute Gasteiger partial charge is 0.279 e. The van der Waals surface area contributed by atoms with Crippen molar-refractivity contribution < 1.29 is 32.2 Å². The third-order valence-corrected chi connectivity index (χ3v) is 8.64. The first-order valence-electron chi connectivity index (χ1n) is 11.6. The Kier molecular flexibility index (Phi) is 8.77. The lowest BCUT2D eigenvalue weighted by Crippen LogP contribution is -2.36. The summed E-state index contributed by atoms with van der Waals surface area (Å²) >= 11 is 1.35. The zero-order valence-corrected chi connectivity index (χ0v) is 22.3. The predicted molar refractivity (Wildman–Crippen MR) is 140 cm³/mol. The molecule has 12 heteroatoms. The normalized spacial score (nSPS) is 13.9. The van der Waals surface area contributed by atoms with Crippen molar-refractivity contribution in [1.82, 2.24) is 8.87 Å². The Morgan fingerprint density at radius 3 is 2.32 bits per heavy atom. The summed E-state index contributed by atoms with van der Waals surface area (Å²) in [5.74, 6) is 0.820. The number of hydrogen-bond acceptors (Lipinski definition) is 8. The van der Waals surface area contributed by atoms with E-state index in [-0.39, 0.29) is 36.8 Å². The average molecular weight is 548 g/mol. The molecular formula is C25H29N3O7S2. The fourth-order valence-corrected chi connectivity index (χ4v) is 6.26. The minimum absolute atomic E-state index is 0.0745. The molecule has 37 heavy (non-hydrogen) atoms. The van der Waals surface area contributed by atoms with Gasteiger partial charge in [0.1, 0.15) is 13.2 Å². The summed E-state index contributed by atoms with van der Waals surface area (Å²) < 4.78 is 51.8. The molecule has 0 N–H and O–H groups in total. The van der Waals surface area contributed by atoms with E-state index >= 15 is 0 Å². The van der Waals surface area contributed by atoms with E-state index < -0.39 is 15.9 Å². The molecule has 0 radical (unpaired) electrons. The van der Waals surface area contributed by atoms with Crippen LogP contribution < -0.4 is 14.3 Å². The molecule has 3 aromatic rings. The van der Waals surface area contributed by atoms with Crippen LogP contribution in [-0.2, 0) is 26.0 Å². The van der Waals surface area contributed by atoms with Crippen LogP contribution in [0.4, 0.5) is 0 Å². The molecule has 2 heterocycles. The molecule has 0 bridgehead atoms. The first-order chi connectivity index (χ1) is 17.9. The molecule has 1 aliphatic rings. The summed E-state index contributed by atoms with van der Waals surface area (Å²) in [5.41, 5.74) is 1.13. The average Bonchev–Trinajstić information content (AvgIpc) is 3.23. The van der Waals surface area contributed by atoms with Gasteiger partial charge in [-0.3, -0.25) is 4.79 Å². The van der Waals surface area contributed by atoms with Crippen molar-refractivity contribution in [3.8, 4) is 11.5 Å². The van der Waals surface area contributed by atoms with Crippen LogP contribution in [-0.4, -0.2) is 76.9 Å². The molecule has 10 nitrogen and oxygen atoms in total. The highest BCUT2D eigenvalue weighted by atomic mass is 32.2. The highest BCUT2D eigenvalue weighted by Crippen LogP contribution is 2.35. The first-order valence-corrected chi connectivity index (χ1v) is 13.9. The van der Waals surface area contributed by atoms with Crippen molar-refractivity contribution in [3.63, 3.8) is 0 Å². The van der Waals surface area contributed by atoms with Gasteiger partial charge in [-0.25, -0.2) is 8.42 Å². The van der Waals surface area contributed by atoms with Gasteiger partial charge in [0.2, 0.25) is 10.0 Å². The Labute approximate surface area is 219 Å². The lowest BCUT2D eigenvalue weighted by atomic mass is 10.2. The van der Waals surface area contributed by atoms with Crippen LogP contribution in [0.3, 0.4) is 0 Å². The minimum Gasteiger partial charge on any atom is -0.486 e. The highest BCUT2D eigenvalue weighted by Gasteiger charge is 2.24. The molecule has 0 fully saturated rings. The zero-order chi connectivity index (χ0) is 26.4. The number of nitrogens with zero attached hydrogens (tertiary/aromatic N) is 3. The quantitative estimate of drug-likeness (QED) is 0.340. The van der Waals surface area contributed by atoms with E-state index in [1.165, 1.54) is 54.1 Å². The Balaban J connectivity index is 1.64. The number of carbonyl (C=O) groups excluding carboxylic acids is 1. The van der Waals surface area contributed by atoms with Gasteiger partial charge in [0, 0.05) is 51.6 Å². The molecule has 1 aromatic heterocycles. The zero-order valence-electron chi connectivity index (χ0n) is 20.7. The van der Waals surface area contributed by atoms with Crippen LogP contribution in [0.2, 0.25) is 0 Å². The van der Waals surface area contributed by atoms with E-state index in [0.717, 1.165) is 10.2 Å². The Morgan fingerprint density at radius 1 is 1.11 bits per heavy atom. The second-order valence-corrected chi connectivity index (χ2v) is 11.0. The fourth-order valence-electron chi connectivity index (χ4n) is 3.81. The lowest BCUT2D eigenvalue weighted by Gasteiger charge is -2.21. The van der Waals surface area contributed by atoms with Gasteiger partial charge in [-0.15, -0.1) is 6.58 Å². The number of allylic oxidation sites excluding steroid dienone is 1. The van der Waals surface area contributed by atoms with Crippen molar-refractivity contribution in [2.75, 3.05) is 53.7 Å². The molecule has 0 atom stereocenters. The topological polar surface area (TPSA) is 109 Å². The lowest BCUT2D eigenvalue weighted by molar-refractivity contribution is 0.0997. The SMILES string of the molecule is C=CCn1c(=NC(=O)c2ccc(S(=O)(=O)N(CCOC)CCOC)cc2)sc2cc3c(cc21)OCCO3. The van der Waals surface area contributed by atoms with E-state index in [1.807, 2.05) is 16.7 Å². The van der Waals surface area contributed by atoms with Gasteiger partial charge in [-0.2, -0.15) is 9.30 Å². The fraction of sp³-hybridized carbons (Fsp3) is 0.360. The van der Waals surface area contributed by atoms with Crippen LogP contribution in [0.15, 0.2) is 58.9 Å². The van der Waals surface area contributed by atoms with Gasteiger partial charge in [0.25, 0.3) is 5.91 Å². The van der Waals surface area contributed by atoms with Gasteiger partial charge < -0.3 is 23.5 Å². The maximum atomic E-state index is 13.1. The van der Waals surface area contributed by atoms with Crippen molar-refractivity contribution >= 4 is 37.5 Å². The van der Waals surface area contributed by atoms with Crippen LogP contribution in [0, 0.1) is 0 Å². The van der Waals surface area contributed by atoms with E-state index in [0.29, 0.717) is 36.1 Å². The van der Waals surface area contributed by atoms with Crippen molar-refractivity contribution in [1.29, 1.82) is 0 Å². The minimum atomic E-state index is -3.79. The molecule has 2 aromatic carbocycles. The number of aromatic nitrogens is 1. The molecule has 0 saturated heterocycles. The Morgan fingerprint density at radius 2 is 1.73 bits per heavy atom. The Hall–Kier alpha value is -3.03. The summed E-state index contributed by atoms with van der Waals surface area (Å²) in [4.78, 5) is 17.9. The number of sulfonamides is 1. The molecule has 1 aliphatic heterocycles. The van der Waals surface area contributed by atoms with Gasteiger partial charge in [-0.05, 0) is 24.3 Å². The summed E-state index contributed by atoms with van der Waals surface area (Å²) in [6.45, 7) is 6.09. The maximum absolute atomic E-state index is 13.1. The van der Waals surface area contributed by atoms with E-state index in [9.17, 15) is 13.2 Å². The second kappa shape index (κ2) is 12.0. The number of carbonyl (C=O) groups is 1. The van der Waals surface area contributed by atoms with Crippen molar-refractivity contribution in [2.24, 2.45) is 4.99 Å². The van der Waals surface area contributed by atoms with Crippen molar-refractivity contribution in [3.05, 3.63) is 59.4 Å². The largest absolute Gasteiger partial charge is 0.486 e. The molecule has 0 saturated carbocycles. The van der Waals surface area contributed by atoms with Crippen LogP contribution in [0.5, 0.6) is 11.5 Å². The standard InChI is InChI=1S/C25H29N3O7S2/c1-4-9-28-20-16-21-22(35-15-14-34-21)17-23(20)36-25(28)26-24(29)18-5-7-19(8-6-18)37(30,31)27(10-12-32-2)11-13-33-3/h4-8,16-17H,1,9-15H2,2-3H3. The highest BCUT2D eigenvalue weighted by molar-refractivity contribution is 7.89. The summed E-state index contributed by atoms with van der Waals surface area (Å²) in [6.07, 6.45) is 1.73. The van der Waals surface area contributed by atoms with Crippen LogP contribution in [0.1, 0.15) is 10.4 Å². The van der Waals surface area contributed by atoms with Gasteiger partial charge in [0.05, 0.1) is 28.3 Å². The molecule has 0 unspecified atom stereocenters. The third-order valence-electron chi connectivity index (χ3n) is 5.68. The molecule has 0 spiro atoms. The maximum Gasteiger partial charge on any atom is 0.279 e. The Bertz CT molecular complexity index is 1440. The molecule has 4 rings (SSSR count). The number of ether oxygens (including phenoxy) is 4. The van der Waals surface area contributed by atoms with Gasteiger partial charge in [-0.1, -0.05) is 17.4 Å². The summed E-state index contributed by atoms with van der Waals surface area (Å²) in [6, 6.07) is 9.53. The molecule has 198 valence electrons. The number of rotatable bonds is 11. The van der Waals surface area contributed by atoms with Crippen LogP contribution >= 0.6 is 11.3 Å². The number of thiazole rings is 1. The number of benzene rings is 2. The monoisotopic (exact) mass is 547 g/mol. The summed E-state index contributed by atoms with van der Waals surface area (Å²) in [7, 11) is -0.772. The second-order valence-electron chi connectivity index (χ2n) is 8.08. The van der Waals surface area contributed by atoms with Crippen molar-refractivity contribution in [2.45, 2.75) is 11.4 Å². The number of amides is 1. The van der Waals surface area contributed by atoms with E-state index in [1.54, 1.807) is 6.08 Å². The van der Waals surface area contributed by atoms with Gasteiger partial charge in [0.15, 0.2) is 16.3 Å². The third kappa shape index (κ3) is 5.94. The van der Waals surface area contributed by atoms with Gasteiger partial charge >= 0.3 is 0 Å². The number of hydrogen-bond donors (Lipinski definition) is 0. The molecular weight excluding hydrogens is 518 g/mol. The van der Waals surface area contributed by atoms with Crippen LogP contribution in [0.25, 0.3) is 10.2 Å². The van der Waals surface area contributed by atoms with E-state index in [4.69, 9.17) is 18.9 Å². The number of methoxy groups -OCH3 is 2.